The molecule has 0 spiro atoms. The maximum Gasteiger partial charge on any atom is 0.193 e. The van der Waals surface area contributed by atoms with Gasteiger partial charge >= 0.3 is 0 Å². The highest BCUT2D eigenvalue weighted by atomic mass is 16.1. The lowest BCUT2D eigenvalue weighted by atomic mass is 9.90. The Morgan fingerprint density at radius 2 is 0.812 bits per heavy atom. The molecule has 0 aliphatic carbocycles. The van der Waals surface area contributed by atoms with Crippen molar-refractivity contribution >= 4 is 17.2 Å². The molecule has 0 unspecified atom stereocenters. The molecule has 2 aromatic rings. The van der Waals surface area contributed by atoms with E-state index in [2.05, 4.69) is 27.7 Å². The van der Waals surface area contributed by atoms with E-state index in [1.165, 1.54) is 0 Å². The molecule has 0 amide bonds. The predicted octanol–water partition coefficient (Wildman–Crippen LogP) is 7.45. The van der Waals surface area contributed by atoms with Gasteiger partial charge in [0, 0.05) is 22.5 Å². The van der Waals surface area contributed by atoms with E-state index in [1.54, 1.807) is 0 Å². The van der Waals surface area contributed by atoms with Gasteiger partial charge in [0.25, 0.3) is 0 Å². The molecule has 0 fully saturated rings. The third-order valence-corrected chi connectivity index (χ3v) is 6.43. The Bertz CT molecular complexity index is 755. The summed E-state index contributed by atoms with van der Waals surface area (Å²) in [6, 6.07) is 8.15. The highest BCUT2D eigenvalue weighted by Gasteiger charge is 2.18. The Labute approximate surface area is 196 Å². The molecule has 0 atom stereocenters. The summed E-state index contributed by atoms with van der Waals surface area (Å²) in [5.74, 6) is 0.0935. The molecule has 32 heavy (non-hydrogen) atoms. The van der Waals surface area contributed by atoms with Crippen LogP contribution in [0.15, 0.2) is 24.3 Å². The first-order valence-electron chi connectivity index (χ1n) is 12.8. The van der Waals surface area contributed by atoms with Crippen LogP contribution in [0, 0.1) is 0 Å². The van der Waals surface area contributed by atoms with Crippen molar-refractivity contribution < 1.29 is 4.79 Å². The van der Waals surface area contributed by atoms with Crippen LogP contribution < -0.4 is 11.5 Å². The second kappa shape index (κ2) is 13.3. The molecule has 0 aliphatic rings. The van der Waals surface area contributed by atoms with Gasteiger partial charge in [0.15, 0.2) is 5.78 Å². The Morgan fingerprint density at radius 3 is 1.03 bits per heavy atom. The standard InChI is InChI=1S/C29H44N2O/c1-5-9-13-21-17-25(18-22(27(21)30)14-10-6-2)29(32)26-19-23(15-11-7-3)28(31)24(20-26)16-12-8-4/h17-20H,5-16,30-31H2,1-4H3. The van der Waals surface area contributed by atoms with Crippen LogP contribution in [0.4, 0.5) is 11.4 Å². The van der Waals surface area contributed by atoms with E-state index >= 15 is 0 Å². The molecule has 176 valence electrons. The first kappa shape index (κ1) is 26.0. The number of carbonyl (C=O) groups excluding carboxylic acids is 1. The molecule has 2 aromatic carbocycles. The molecule has 2 rings (SSSR count). The highest BCUT2D eigenvalue weighted by molar-refractivity contribution is 6.10. The van der Waals surface area contributed by atoms with Crippen molar-refractivity contribution in [3.8, 4) is 0 Å². The Hall–Kier alpha value is -2.29. The minimum atomic E-state index is 0.0935. The number of anilines is 2. The van der Waals surface area contributed by atoms with Crippen LogP contribution in [0.25, 0.3) is 0 Å². The van der Waals surface area contributed by atoms with Crippen LogP contribution in [-0.2, 0) is 25.7 Å². The topological polar surface area (TPSA) is 69.1 Å². The minimum absolute atomic E-state index is 0.0935. The van der Waals surface area contributed by atoms with Crippen LogP contribution in [0.5, 0.6) is 0 Å². The molecular weight excluding hydrogens is 392 g/mol. The molecule has 0 bridgehead atoms. The van der Waals surface area contributed by atoms with Gasteiger partial charge in [0.05, 0.1) is 0 Å². The SMILES string of the molecule is CCCCc1cc(C(=O)c2cc(CCCC)c(N)c(CCCC)c2)cc(CCCC)c1N. The summed E-state index contributed by atoms with van der Waals surface area (Å²) >= 11 is 0. The van der Waals surface area contributed by atoms with Gasteiger partial charge in [-0.05, 0) is 97.9 Å². The zero-order chi connectivity index (χ0) is 23.5. The van der Waals surface area contributed by atoms with E-state index in [0.29, 0.717) is 0 Å². The summed E-state index contributed by atoms with van der Waals surface area (Å²) in [5, 5.41) is 0. The van der Waals surface area contributed by atoms with Crippen molar-refractivity contribution in [3.63, 3.8) is 0 Å². The van der Waals surface area contributed by atoms with Gasteiger partial charge in [-0.2, -0.15) is 0 Å². The summed E-state index contributed by atoms with van der Waals surface area (Å²) < 4.78 is 0. The van der Waals surface area contributed by atoms with Gasteiger partial charge < -0.3 is 11.5 Å². The maximum absolute atomic E-state index is 13.7. The minimum Gasteiger partial charge on any atom is -0.398 e. The molecule has 0 saturated heterocycles. The van der Waals surface area contributed by atoms with Crippen molar-refractivity contribution in [2.24, 2.45) is 0 Å². The number of aryl methyl sites for hydroxylation is 4. The fourth-order valence-electron chi connectivity index (χ4n) is 4.28. The second-order valence-electron chi connectivity index (χ2n) is 9.16. The van der Waals surface area contributed by atoms with Gasteiger partial charge in [0.1, 0.15) is 0 Å². The fraction of sp³-hybridized carbons (Fsp3) is 0.552. The largest absolute Gasteiger partial charge is 0.398 e. The number of unbranched alkanes of at least 4 members (excludes halogenated alkanes) is 4. The molecular formula is C29H44N2O. The van der Waals surface area contributed by atoms with Crippen molar-refractivity contribution in [2.45, 2.75) is 105 Å². The number of carbonyl (C=O) groups is 1. The zero-order valence-corrected chi connectivity index (χ0v) is 20.9. The summed E-state index contributed by atoms with van der Waals surface area (Å²) in [4.78, 5) is 13.7. The molecule has 4 N–H and O–H groups in total. The molecule has 0 aromatic heterocycles. The highest BCUT2D eigenvalue weighted by Crippen LogP contribution is 2.29. The Kier molecular flexibility index (Phi) is 10.8. The van der Waals surface area contributed by atoms with Crippen LogP contribution in [0.3, 0.4) is 0 Å². The third kappa shape index (κ3) is 6.85. The first-order chi connectivity index (χ1) is 15.5. The smallest absolute Gasteiger partial charge is 0.193 e. The quantitative estimate of drug-likeness (QED) is 0.239. The van der Waals surface area contributed by atoms with E-state index in [1.807, 2.05) is 24.3 Å². The van der Waals surface area contributed by atoms with Crippen LogP contribution in [-0.4, -0.2) is 5.78 Å². The van der Waals surface area contributed by atoms with Gasteiger partial charge in [-0.15, -0.1) is 0 Å². The first-order valence-corrected chi connectivity index (χ1v) is 12.8. The molecule has 0 heterocycles. The van der Waals surface area contributed by atoms with Crippen molar-refractivity contribution in [1.82, 2.24) is 0 Å². The van der Waals surface area contributed by atoms with Crippen molar-refractivity contribution in [3.05, 3.63) is 57.6 Å². The summed E-state index contributed by atoms with van der Waals surface area (Å²) in [6.07, 6.45) is 12.5. The molecule has 0 aliphatic heterocycles. The predicted molar refractivity (Wildman–Crippen MR) is 140 cm³/mol. The van der Waals surface area contributed by atoms with Crippen molar-refractivity contribution in [1.29, 1.82) is 0 Å². The normalized spacial score (nSPS) is 11.1. The van der Waals surface area contributed by atoms with Crippen LogP contribution in [0.1, 0.15) is 117 Å². The van der Waals surface area contributed by atoms with Gasteiger partial charge in [0.2, 0.25) is 0 Å². The average Bonchev–Trinajstić information content (AvgIpc) is 2.80. The number of rotatable bonds is 14. The number of nitrogen functional groups attached to an aromatic ring is 2. The zero-order valence-electron chi connectivity index (χ0n) is 20.9. The van der Waals surface area contributed by atoms with Crippen LogP contribution in [0.2, 0.25) is 0 Å². The fourth-order valence-corrected chi connectivity index (χ4v) is 4.28. The third-order valence-electron chi connectivity index (χ3n) is 6.43. The Balaban J connectivity index is 2.51. The molecule has 3 heteroatoms. The second-order valence-corrected chi connectivity index (χ2v) is 9.16. The van der Waals surface area contributed by atoms with Crippen molar-refractivity contribution in [2.75, 3.05) is 11.5 Å². The molecule has 3 nitrogen and oxygen atoms in total. The number of benzene rings is 2. The molecule has 0 saturated carbocycles. The van der Waals surface area contributed by atoms with Gasteiger partial charge in [-0.3, -0.25) is 4.79 Å². The molecule has 0 radical (unpaired) electrons. The van der Waals surface area contributed by atoms with Gasteiger partial charge in [-0.25, -0.2) is 0 Å². The van der Waals surface area contributed by atoms with E-state index in [-0.39, 0.29) is 5.78 Å². The number of hydrogen-bond acceptors (Lipinski definition) is 3. The monoisotopic (exact) mass is 436 g/mol. The van der Waals surface area contributed by atoms with E-state index in [0.717, 1.165) is 122 Å². The van der Waals surface area contributed by atoms with E-state index in [9.17, 15) is 4.79 Å². The van der Waals surface area contributed by atoms with E-state index < -0.39 is 0 Å². The van der Waals surface area contributed by atoms with Crippen LogP contribution >= 0.6 is 0 Å². The average molecular weight is 437 g/mol. The number of ketones is 1. The number of hydrogen-bond donors (Lipinski definition) is 2. The summed E-state index contributed by atoms with van der Waals surface area (Å²) in [7, 11) is 0. The Morgan fingerprint density at radius 1 is 0.562 bits per heavy atom. The number of nitrogens with two attached hydrogens (primary N) is 2. The van der Waals surface area contributed by atoms with Gasteiger partial charge in [-0.1, -0.05) is 53.4 Å². The summed E-state index contributed by atoms with van der Waals surface area (Å²) in [5.41, 5.74) is 20.8. The summed E-state index contributed by atoms with van der Waals surface area (Å²) in [6.45, 7) is 8.75. The maximum atomic E-state index is 13.7. The lowest BCUT2D eigenvalue weighted by Gasteiger charge is -2.16. The van der Waals surface area contributed by atoms with E-state index in [4.69, 9.17) is 11.5 Å². The lowest BCUT2D eigenvalue weighted by Crippen LogP contribution is -2.10. The lowest BCUT2D eigenvalue weighted by molar-refractivity contribution is 0.103.